The van der Waals surface area contributed by atoms with Crippen LogP contribution in [0.3, 0.4) is 0 Å². The molecule has 1 aromatic carbocycles. The van der Waals surface area contributed by atoms with Gasteiger partial charge in [0.15, 0.2) is 5.16 Å². The molecule has 0 spiro atoms. The average molecular weight is 352 g/mol. The van der Waals surface area contributed by atoms with Crippen LogP contribution in [0, 0.1) is 0 Å². The molecule has 0 bridgehead atoms. The van der Waals surface area contributed by atoms with Gasteiger partial charge in [0.1, 0.15) is 5.01 Å². The molecule has 0 aliphatic rings. The summed E-state index contributed by atoms with van der Waals surface area (Å²) in [4.78, 5) is 22.2. The third-order valence-electron chi connectivity index (χ3n) is 2.72. The van der Waals surface area contributed by atoms with Crippen LogP contribution in [0.4, 0.5) is 0 Å². The highest BCUT2D eigenvalue weighted by Crippen LogP contribution is 2.31. The molecule has 8 heteroatoms. The molecule has 0 fully saturated rings. The quantitative estimate of drug-likeness (QED) is 0.555. The molecular formula is C14H10ClN3O2S2. The number of H-pyrrole nitrogens is 1. The van der Waals surface area contributed by atoms with E-state index >= 15 is 0 Å². The minimum atomic E-state index is -0.384. The predicted octanol–water partition coefficient (Wildman–Crippen LogP) is 3.54. The van der Waals surface area contributed by atoms with Crippen molar-refractivity contribution < 1.29 is 5.11 Å². The number of aromatic amines is 1. The second-order valence-corrected chi connectivity index (χ2v) is 6.55. The maximum atomic E-state index is 11.3. The van der Waals surface area contributed by atoms with Crippen molar-refractivity contribution in [2.75, 3.05) is 0 Å². The number of thiazole rings is 1. The third-order valence-corrected chi connectivity index (χ3v) is 4.88. The second-order valence-electron chi connectivity index (χ2n) is 4.32. The van der Waals surface area contributed by atoms with Gasteiger partial charge < -0.3 is 10.1 Å². The lowest BCUT2D eigenvalue weighted by Gasteiger charge is -2.00. The number of nitrogens with zero attached hydrogens (tertiary/aromatic N) is 2. The van der Waals surface area contributed by atoms with Gasteiger partial charge in [-0.05, 0) is 6.07 Å². The van der Waals surface area contributed by atoms with Gasteiger partial charge in [-0.3, -0.25) is 4.79 Å². The zero-order valence-corrected chi connectivity index (χ0v) is 13.5. The molecule has 0 unspecified atom stereocenters. The molecule has 3 aromatic rings. The fourth-order valence-electron chi connectivity index (χ4n) is 1.77. The molecule has 2 aromatic heterocycles. The van der Waals surface area contributed by atoms with E-state index in [1.807, 2.05) is 29.6 Å². The van der Waals surface area contributed by atoms with E-state index in [0.717, 1.165) is 22.3 Å². The van der Waals surface area contributed by atoms with Crippen LogP contribution < -0.4 is 5.56 Å². The topological polar surface area (TPSA) is 78.9 Å². The van der Waals surface area contributed by atoms with Crippen molar-refractivity contribution in [1.29, 1.82) is 0 Å². The maximum Gasteiger partial charge on any atom is 0.255 e. The highest BCUT2D eigenvalue weighted by Gasteiger charge is 2.09. The zero-order valence-electron chi connectivity index (χ0n) is 11.1. The van der Waals surface area contributed by atoms with E-state index in [-0.39, 0.29) is 11.4 Å². The molecule has 0 saturated heterocycles. The molecular weight excluding hydrogens is 342 g/mol. The first-order valence-corrected chi connectivity index (χ1v) is 8.48. The summed E-state index contributed by atoms with van der Waals surface area (Å²) in [5.74, 6) is 0.245. The van der Waals surface area contributed by atoms with Gasteiger partial charge in [-0.2, -0.15) is 4.98 Å². The van der Waals surface area contributed by atoms with E-state index in [1.165, 1.54) is 23.1 Å². The van der Waals surface area contributed by atoms with E-state index in [4.69, 9.17) is 11.6 Å². The predicted molar refractivity (Wildman–Crippen MR) is 88.6 cm³/mol. The van der Waals surface area contributed by atoms with Crippen molar-refractivity contribution in [3.63, 3.8) is 0 Å². The molecule has 0 aliphatic heterocycles. The minimum Gasteiger partial charge on any atom is -0.493 e. The number of aromatic hydroxyl groups is 1. The van der Waals surface area contributed by atoms with Gasteiger partial charge in [0.2, 0.25) is 5.88 Å². The number of halogens is 1. The molecule has 2 heterocycles. The Morgan fingerprint density at radius 2 is 2.14 bits per heavy atom. The van der Waals surface area contributed by atoms with Gasteiger partial charge in [0.05, 0.1) is 16.8 Å². The van der Waals surface area contributed by atoms with E-state index in [1.54, 1.807) is 0 Å². The highest BCUT2D eigenvalue weighted by molar-refractivity contribution is 7.98. The largest absolute Gasteiger partial charge is 0.493 e. The van der Waals surface area contributed by atoms with Crippen LogP contribution in [0.1, 0.15) is 5.69 Å². The van der Waals surface area contributed by atoms with Crippen molar-refractivity contribution in [1.82, 2.24) is 15.0 Å². The summed E-state index contributed by atoms with van der Waals surface area (Å²) in [5.41, 5.74) is 1.37. The Bertz CT molecular complexity index is 863. The molecule has 5 nitrogen and oxygen atoms in total. The number of thioether (sulfide) groups is 1. The van der Waals surface area contributed by atoms with Crippen molar-refractivity contribution in [3.05, 3.63) is 56.8 Å². The smallest absolute Gasteiger partial charge is 0.255 e. The van der Waals surface area contributed by atoms with E-state index in [0.29, 0.717) is 15.9 Å². The molecule has 0 aliphatic carbocycles. The van der Waals surface area contributed by atoms with Gasteiger partial charge in [0.25, 0.3) is 5.56 Å². The Morgan fingerprint density at radius 1 is 1.32 bits per heavy atom. The van der Waals surface area contributed by atoms with Crippen LogP contribution in [0.15, 0.2) is 45.7 Å². The van der Waals surface area contributed by atoms with Crippen LogP contribution in [0.2, 0.25) is 5.02 Å². The lowest BCUT2D eigenvalue weighted by molar-refractivity contribution is 0.444. The number of hydrogen-bond donors (Lipinski definition) is 2. The third kappa shape index (κ3) is 3.49. The first kappa shape index (κ1) is 15.1. The fourth-order valence-corrected chi connectivity index (χ4v) is 3.77. The molecule has 2 N–H and O–H groups in total. The lowest BCUT2D eigenvalue weighted by Crippen LogP contribution is -2.06. The lowest BCUT2D eigenvalue weighted by atomic mass is 10.2. The molecule has 0 saturated carbocycles. The fraction of sp³-hybridized carbons (Fsp3) is 0.0714. The monoisotopic (exact) mass is 351 g/mol. The van der Waals surface area contributed by atoms with Crippen LogP contribution in [-0.4, -0.2) is 20.1 Å². The molecule has 0 atom stereocenters. The molecule has 3 rings (SSSR count). The van der Waals surface area contributed by atoms with Gasteiger partial charge in [-0.1, -0.05) is 41.6 Å². The van der Waals surface area contributed by atoms with E-state index in [2.05, 4.69) is 15.0 Å². The summed E-state index contributed by atoms with van der Waals surface area (Å²) in [6.07, 6.45) is 0. The summed E-state index contributed by atoms with van der Waals surface area (Å²) < 4.78 is 0. The molecule has 22 heavy (non-hydrogen) atoms. The van der Waals surface area contributed by atoms with Crippen LogP contribution in [0.25, 0.3) is 10.6 Å². The summed E-state index contributed by atoms with van der Waals surface area (Å²) in [7, 11) is 0. The van der Waals surface area contributed by atoms with Crippen LogP contribution in [0.5, 0.6) is 5.88 Å². The number of hydrogen-bond acceptors (Lipinski definition) is 6. The van der Waals surface area contributed by atoms with Gasteiger partial charge in [-0.25, -0.2) is 4.98 Å². The van der Waals surface area contributed by atoms with Gasteiger partial charge in [-0.15, -0.1) is 11.3 Å². The number of benzene rings is 1. The Labute approximate surface area is 139 Å². The van der Waals surface area contributed by atoms with Crippen molar-refractivity contribution >= 4 is 34.7 Å². The minimum absolute atomic E-state index is 0.290. The highest BCUT2D eigenvalue weighted by atomic mass is 35.5. The van der Waals surface area contributed by atoms with Gasteiger partial charge >= 0.3 is 0 Å². The Balaban J connectivity index is 1.75. The first-order valence-electron chi connectivity index (χ1n) is 6.24. The Hall–Kier alpha value is -1.83. The van der Waals surface area contributed by atoms with Crippen LogP contribution in [-0.2, 0) is 5.75 Å². The maximum absolute atomic E-state index is 11.3. The van der Waals surface area contributed by atoms with Gasteiger partial charge in [0, 0.05) is 16.7 Å². The number of aromatic nitrogens is 3. The Kier molecular flexibility index (Phi) is 4.47. The summed E-state index contributed by atoms with van der Waals surface area (Å²) in [5, 5.41) is 13.1. The average Bonchev–Trinajstić information content (AvgIpc) is 2.93. The summed E-state index contributed by atoms with van der Waals surface area (Å²) in [6, 6.07) is 8.57. The number of nitrogens with one attached hydrogen (secondary N) is 1. The SMILES string of the molecule is O=c1cc(O)nc(SCc2csc(-c3ccccc3Cl)n2)[nH]1. The normalized spacial score (nSPS) is 10.8. The van der Waals surface area contributed by atoms with E-state index in [9.17, 15) is 9.90 Å². The summed E-state index contributed by atoms with van der Waals surface area (Å²) in [6.45, 7) is 0. The number of rotatable bonds is 4. The molecule has 0 amide bonds. The zero-order chi connectivity index (χ0) is 15.5. The standard InChI is InChI=1S/C14H10ClN3O2S2/c15-10-4-2-1-3-9(10)13-16-8(6-21-13)7-22-14-17-11(19)5-12(20)18-14/h1-6H,7H2,(H2,17,18,19,20). The van der Waals surface area contributed by atoms with E-state index < -0.39 is 0 Å². The Morgan fingerprint density at radius 3 is 2.91 bits per heavy atom. The van der Waals surface area contributed by atoms with Crippen molar-refractivity contribution in [2.24, 2.45) is 0 Å². The van der Waals surface area contributed by atoms with Crippen molar-refractivity contribution in [3.8, 4) is 16.5 Å². The van der Waals surface area contributed by atoms with Crippen LogP contribution >= 0.6 is 34.7 Å². The summed E-state index contributed by atoms with van der Waals surface area (Å²) >= 11 is 8.97. The molecule has 112 valence electrons. The first-order chi connectivity index (χ1) is 10.6. The second kappa shape index (κ2) is 6.51. The van der Waals surface area contributed by atoms with Crippen molar-refractivity contribution in [2.45, 2.75) is 10.9 Å². The molecule has 0 radical (unpaired) electrons.